The number of carbonyl (C=O) groups is 1. The first-order chi connectivity index (χ1) is 9.74. The van der Waals surface area contributed by atoms with Crippen LogP contribution in [-0.4, -0.2) is 30.7 Å². The number of nitrogens with zero attached hydrogens (tertiary/aromatic N) is 4. The molecule has 100 valence electrons. The number of hydrogen-bond acceptors (Lipinski definition) is 5. The van der Waals surface area contributed by atoms with Crippen LogP contribution in [0.5, 0.6) is 0 Å². The number of hydrogen-bond donors (Lipinski definition) is 2. The summed E-state index contributed by atoms with van der Waals surface area (Å²) in [4.78, 5) is 26.0. The van der Waals surface area contributed by atoms with E-state index in [0.29, 0.717) is 11.2 Å². The molecule has 8 heteroatoms. The fourth-order valence-corrected chi connectivity index (χ4v) is 1.74. The molecule has 2 N–H and O–H groups in total. The molecule has 0 aliphatic heterocycles. The highest BCUT2D eigenvalue weighted by atomic mass is 16.2. The molecule has 3 aromatic heterocycles. The first kappa shape index (κ1) is 12.0. The average Bonchev–Trinajstić information content (AvgIpc) is 2.91. The van der Waals surface area contributed by atoms with Gasteiger partial charge >= 0.3 is 0 Å². The Balaban J connectivity index is 1.79. The average molecular weight is 270 g/mol. The molecule has 0 saturated carbocycles. The SMILES string of the molecule is O=C(NCc1cccnn1)c1cc2c(=O)[nH]ccn2n1. The van der Waals surface area contributed by atoms with Gasteiger partial charge in [-0.3, -0.25) is 9.59 Å². The van der Waals surface area contributed by atoms with Crippen LogP contribution in [0.15, 0.2) is 41.6 Å². The summed E-state index contributed by atoms with van der Waals surface area (Å²) in [6.45, 7) is 0.247. The molecule has 0 aliphatic carbocycles. The van der Waals surface area contributed by atoms with Gasteiger partial charge in [0, 0.05) is 24.7 Å². The van der Waals surface area contributed by atoms with Gasteiger partial charge < -0.3 is 10.3 Å². The highest BCUT2D eigenvalue weighted by Gasteiger charge is 2.12. The van der Waals surface area contributed by atoms with Crippen LogP contribution in [0.1, 0.15) is 16.2 Å². The van der Waals surface area contributed by atoms with Crippen LogP contribution in [0.4, 0.5) is 0 Å². The summed E-state index contributed by atoms with van der Waals surface area (Å²) in [5.41, 5.74) is 0.832. The van der Waals surface area contributed by atoms with Gasteiger partial charge in [0.2, 0.25) is 0 Å². The summed E-state index contributed by atoms with van der Waals surface area (Å²) in [6.07, 6.45) is 4.58. The molecule has 0 fully saturated rings. The number of carbonyl (C=O) groups excluding carboxylic acids is 1. The Kier molecular flexibility index (Phi) is 2.96. The third-order valence-corrected chi connectivity index (χ3v) is 2.69. The first-order valence-corrected chi connectivity index (χ1v) is 5.86. The Hall–Kier alpha value is -3.03. The quantitative estimate of drug-likeness (QED) is 0.682. The zero-order valence-corrected chi connectivity index (χ0v) is 10.3. The fraction of sp³-hybridized carbons (Fsp3) is 0.0833. The Morgan fingerprint density at radius 2 is 2.35 bits per heavy atom. The number of nitrogens with one attached hydrogen (secondary N) is 2. The molecule has 0 aromatic carbocycles. The van der Waals surface area contributed by atoms with Crippen molar-refractivity contribution >= 4 is 11.4 Å². The maximum Gasteiger partial charge on any atom is 0.273 e. The van der Waals surface area contributed by atoms with Crippen molar-refractivity contribution in [1.29, 1.82) is 0 Å². The Bertz CT molecular complexity index is 807. The van der Waals surface area contributed by atoms with E-state index in [9.17, 15) is 9.59 Å². The molecule has 0 unspecified atom stereocenters. The van der Waals surface area contributed by atoms with Crippen molar-refractivity contribution in [3.63, 3.8) is 0 Å². The Morgan fingerprint density at radius 3 is 3.10 bits per heavy atom. The van der Waals surface area contributed by atoms with Gasteiger partial charge in [0.25, 0.3) is 11.5 Å². The molecule has 3 rings (SSSR count). The minimum Gasteiger partial charge on any atom is -0.345 e. The van der Waals surface area contributed by atoms with Crippen molar-refractivity contribution in [1.82, 2.24) is 30.1 Å². The number of aromatic amines is 1. The lowest BCUT2D eigenvalue weighted by Gasteiger charge is -2.00. The molecule has 0 atom stereocenters. The maximum atomic E-state index is 12.0. The van der Waals surface area contributed by atoms with Crippen molar-refractivity contribution in [2.75, 3.05) is 0 Å². The van der Waals surface area contributed by atoms with Gasteiger partial charge in [-0.1, -0.05) is 0 Å². The van der Waals surface area contributed by atoms with Crippen LogP contribution in [0, 0.1) is 0 Å². The molecule has 0 spiro atoms. The van der Waals surface area contributed by atoms with Gasteiger partial charge in [0.1, 0.15) is 5.52 Å². The van der Waals surface area contributed by atoms with E-state index in [2.05, 4.69) is 25.6 Å². The second-order valence-corrected chi connectivity index (χ2v) is 4.05. The van der Waals surface area contributed by atoms with Gasteiger partial charge in [0.15, 0.2) is 5.69 Å². The lowest BCUT2D eigenvalue weighted by atomic mass is 10.3. The van der Waals surface area contributed by atoms with Crippen LogP contribution in [0.25, 0.3) is 5.52 Å². The molecule has 20 heavy (non-hydrogen) atoms. The molecule has 3 aromatic rings. The molecule has 8 nitrogen and oxygen atoms in total. The topological polar surface area (TPSA) is 105 Å². The van der Waals surface area contributed by atoms with Crippen LogP contribution < -0.4 is 10.9 Å². The van der Waals surface area contributed by atoms with Crippen molar-refractivity contribution in [3.05, 3.63) is 58.5 Å². The summed E-state index contributed by atoms with van der Waals surface area (Å²) in [5.74, 6) is -0.376. The predicted molar refractivity (Wildman–Crippen MR) is 69.0 cm³/mol. The van der Waals surface area contributed by atoms with Gasteiger partial charge in [0.05, 0.1) is 12.2 Å². The zero-order chi connectivity index (χ0) is 13.9. The van der Waals surface area contributed by atoms with E-state index in [4.69, 9.17) is 0 Å². The second-order valence-electron chi connectivity index (χ2n) is 4.05. The monoisotopic (exact) mass is 270 g/mol. The van der Waals surface area contributed by atoms with E-state index in [1.54, 1.807) is 24.5 Å². The minimum atomic E-state index is -0.376. The van der Waals surface area contributed by atoms with E-state index in [-0.39, 0.29) is 23.7 Å². The normalized spacial score (nSPS) is 10.6. The molecule has 0 radical (unpaired) electrons. The molecule has 0 bridgehead atoms. The number of amides is 1. The van der Waals surface area contributed by atoms with Crippen molar-refractivity contribution in [2.45, 2.75) is 6.54 Å². The molecule has 0 aliphatic rings. The van der Waals surface area contributed by atoms with Gasteiger partial charge in [-0.25, -0.2) is 4.52 Å². The van der Waals surface area contributed by atoms with Crippen LogP contribution in [0.3, 0.4) is 0 Å². The highest BCUT2D eigenvalue weighted by molar-refractivity contribution is 5.93. The Morgan fingerprint density at radius 1 is 1.45 bits per heavy atom. The smallest absolute Gasteiger partial charge is 0.273 e. The summed E-state index contributed by atoms with van der Waals surface area (Å²) in [6, 6.07) is 4.92. The lowest BCUT2D eigenvalue weighted by molar-refractivity contribution is 0.0945. The number of rotatable bonds is 3. The van der Waals surface area contributed by atoms with Crippen molar-refractivity contribution in [3.8, 4) is 0 Å². The van der Waals surface area contributed by atoms with Crippen molar-refractivity contribution in [2.24, 2.45) is 0 Å². The van der Waals surface area contributed by atoms with E-state index >= 15 is 0 Å². The van der Waals surface area contributed by atoms with E-state index < -0.39 is 0 Å². The second kappa shape index (κ2) is 4.92. The van der Waals surface area contributed by atoms with E-state index in [0.717, 1.165) is 0 Å². The number of fused-ring (bicyclic) bond motifs is 1. The van der Waals surface area contributed by atoms with E-state index in [1.165, 1.54) is 16.8 Å². The minimum absolute atomic E-state index is 0.172. The van der Waals surface area contributed by atoms with Crippen LogP contribution >= 0.6 is 0 Å². The molecule has 1 amide bonds. The first-order valence-electron chi connectivity index (χ1n) is 5.86. The highest BCUT2D eigenvalue weighted by Crippen LogP contribution is 2.01. The largest absolute Gasteiger partial charge is 0.345 e. The van der Waals surface area contributed by atoms with Gasteiger partial charge in [-0.2, -0.15) is 15.3 Å². The summed E-state index contributed by atoms with van der Waals surface area (Å²) in [7, 11) is 0. The van der Waals surface area contributed by atoms with Crippen molar-refractivity contribution < 1.29 is 4.79 Å². The predicted octanol–water partition coefficient (Wildman–Crippen LogP) is -0.257. The summed E-state index contributed by atoms with van der Waals surface area (Å²) in [5, 5.41) is 14.3. The van der Waals surface area contributed by atoms with E-state index in [1.807, 2.05) is 0 Å². The zero-order valence-electron chi connectivity index (χ0n) is 10.3. The Labute approximate surface area is 112 Å². The third kappa shape index (κ3) is 2.26. The molecular formula is C12H10N6O2. The fourth-order valence-electron chi connectivity index (χ4n) is 1.74. The molecular weight excluding hydrogens is 260 g/mol. The lowest BCUT2D eigenvalue weighted by Crippen LogP contribution is -2.23. The van der Waals surface area contributed by atoms with Crippen LogP contribution in [-0.2, 0) is 6.54 Å². The maximum absolute atomic E-state index is 12.0. The third-order valence-electron chi connectivity index (χ3n) is 2.69. The summed E-state index contributed by atoms with van der Waals surface area (Å²) >= 11 is 0. The van der Waals surface area contributed by atoms with Crippen LogP contribution in [0.2, 0.25) is 0 Å². The van der Waals surface area contributed by atoms with Gasteiger partial charge in [-0.05, 0) is 12.1 Å². The number of H-pyrrole nitrogens is 1. The molecule has 3 heterocycles. The van der Waals surface area contributed by atoms with Gasteiger partial charge in [-0.15, -0.1) is 0 Å². The standard InChI is InChI=1S/C12H10N6O2/c19-11(14-7-8-2-1-3-15-16-8)9-6-10-12(20)13-4-5-18(10)17-9/h1-6H,7H2,(H,13,20)(H,14,19). The molecule has 0 saturated heterocycles. The number of aromatic nitrogens is 5. The summed E-state index contributed by atoms with van der Waals surface area (Å²) < 4.78 is 1.36.